The summed E-state index contributed by atoms with van der Waals surface area (Å²) in [5.41, 5.74) is 2.70. The summed E-state index contributed by atoms with van der Waals surface area (Å²) in [6.07, 6.45) is 6.85. The molecule has 1 aliphatic carbocycles. The lowest BCUT2D eigenvalue weighted by Gasteiger charge is -2.37. The van der Waals surface area contributed by atoms with Crippen molar-refractivity contribution in [1.29, 1.82) is 0 Å². The molecule has 1 aromatic carbocycles. The summed E-state index contributed by atoms with van der Waals surface area (Å²) in [6.45, 7) is 6.70. The third kappa shape index (κ3) is 8.64. The van der Waals surface area contributed by atoms with Crippen molar-refractivity contribution < 1.29 is 38.9 Å². The second-order valence-corrected chi connectivity index (χ2v) is 15.3. The van der Waals surface area contributed by atoms with Gasteiger partial charge in [0.25, 0.3) is 11.8 Å². The number of carbonyl (C=O) groups excluding carboxylic acids is 5. The summed E-state index contributed by atoms with van der Waals surface area (Å²) < 4.78 is 6.92. The number of amides is 4. The summed E-state index contributed by atoms with van der Waals surface area (Å²) in [5.74, 6) is -3.55. The lowest BCUT2D eigenvalue weighted by molar-refractivity contribution is -0.147. The zero-order valence-corrected chi connectivity index (χ0v) is 29.9. The number of nitrogens with zero attached hydrogens (tertiary/aromatic N) is 4. The quantitative estimate of drug-likeness (QED) is 0.199. The summed E-state index contributed by atoms with van der Waals surface area (Å²) >= 11 is 0. The van der Waals surface area contributed by atoms with Gasteiger partial charge in [0.15, 0.2) is 0 Å². The molecule has 0 radical (unpaired) electrons. The molecule has 1 saturated carbocycles. The highest BCUT2D eigenvalue weighted by atomic mass is 16.5. The number of benzene rings is 1. The van der Waals surface area contributed by atoms with Crippen LogP contribution in [-0.2, 0) is 35.1 Å². The van der Waals surface area contributed by atoms with Crippen LogP contribution in [0.15, 0.2) is 30.5 Å². The monoisotopic (exact) mass is 709 g/mol. The first-order chi connectivity index (χ1) is 24.0. The third-order valence-corrected chi connectivity index (χ3v) is 10.5. The SMILES string of the molecule is CC(C)(O)c1ccc(C(=O)NC(CC2CCCCC2)C(=O)N2C[C@@H](n3nncc3C(C)(C)O)C[C@H]2C(=O)NC2(C(=O)C(N)=O)CCOCC2)cc1. The van der Waals surface area contributed by atoms with E-state index < -0.39 is 64.3 Å². The van der Waals surface area contributed by atoms with Crippen molar-refractivity contribution in [3.05, 3.63) is 47.3 Å². The fraction of sp³-hybridized carbons (Fsp3) is 0.639. The van der Waals surface area contributed by atoms with Gasteiger partial charge in [-0.15, -0.1) is 5.10 Å². The van der Waals surface area contributed by atoms with Crippen molar-refractivity contribution >= 4 is 29.4 Å². The Bertz CT molecular complexity index is 1600. The van der Waals surface area contributed by atoms with Gasteiger partial charge in [0, 0.05) is 44.6 Å². The molecule has 3 atom stereocenters. The van der Waals surface area contributed by atoms with Crippen LogP contribution >= 0.6 is 0 Å². The van der Waals surface area contributed by atoms with E-state index in [4.69, 9.17) is 10.5 Å². The van der Waals surface area contributed by atoms with Crippen LogP contribution in [0.3, 0.4) is 0 Å². The number of hydrogen-bond acceptors (Lipinski definition) is 10. The van der Waals surface area contributed by atoms with Crippen LogP contribution in [0.4, 0.5) is 0 Å². The first kappa shape index (κ1) is 38.0. The molecule has 2 saturated heterocycles. The van der Waals surface area contributed by atoms with Crippen molar-refractivity contribution in [3.8, 4) is 0 Å². The Hall–Kier alpha value is -4.21. The molecule has 0 spiro atoms. The van der Waals surface area contributed by atoms with Gasteiger partial charge in [0.05, 0.1) is 23.5 Å². The van der Waals surface area contributed by atoms with Crippen LogP contribution in [-0.4, -0.2) is 96.9 Å². The number of carbonyl (C=O) groups is 5. The molecule has 1 unspecified atom stereocenters. The van der Waals surface area contributed by atoms with Crippen LogP contribution in [0, 0.1) is 5.92 Å². The lowest BCUT2D eigenvalue weighted by Crippen LogP contribution is -2.64. The molecule has 3 aliphatic rings. The van der Waals surface area contributed by atoms with E-state index in [1.807, 2.05) is 0 Å². The minimum absolute atomic E-state index is 0.000549. The van der Waals surface area contributed by atoms with Gasteiger partial charge in [0.1, 0.15) is 23.2 Å². The van der Waals surface area contributed by atoms with Crippen LogP contribution in [0.1, 0.15) is 113 Å². The number of nitrogens with one attached hydrogen (secondary N) is 2. The van der Waals surface area contributed by atoms with E-state index in [1.54, 1.807) is 52.0 Å². The van der Waals surface area contributed by atoms with E-state index in [2.05, 4.69) is 20.9 Å². The van der Waals surface area contributed by atoms with E-state index in [0.717, 1.165) is 32.1 Å². The number of aromatic nitrogens is 3. The first-order valence-corrected chi connectivity index (χ1v) is 17.8. The van der Waals surface area contributed by atoms with Crippen molar-refractivity contribution in [3.63, 3.8) is 0 Å². The predicted octanol–water partition coefficient (Wildman–Crippen LogP) is 1.36. The summed E-state index contributed by atoms with van der Waals surface area (Å²) in [4.78, 5) is 69.3. The van der Waals surface area contributed by atoms with Gasteiger partial charge >= 0.3 is 0 Å². The molecule has 3 fully saturated rings. The molecular weight excluding hydrogens is 658 g/mol. The maximum atomic E-state index is 14.7. The lowest BCUT2D eigenvalue weighted by atomic mass is 9.84. The number of aliphatic hydroxyl groups is 2. The number of nitrogens with two attached hydrogens (primary N) is 1. The second kappa shape index (κ2) is 15.2. The van der Waals surface area contributed by atoms with E-state index in [-0.39, 0.29) is 44.9 Å². The highest BCUT2D eigenvalue weighted by Gasteiger charge is 2.49. The number of ether oxygens (including phenoxy) is 1. The maximum absolute atomic E-state index is 14.7. The number of hydrogen-bond donors (Lipinski definition) is 5. The molecule has 278 valence electrons. The molecule has 2 aliphatic heterocycles. The smallest absolute Gasteiger partial charge is 0.287 e. The Morgan fingerprint density at radius 2 is 1.65 bits per heavy atom. The Labute approximate surface area is 297 Å². The number of likely N-dealkylation sites (tertiary alicyclic amines) is 1. The fourth-order valence-corrected chi connectivity index (χ4v) is 7.57. The largest absolute Gasteiger partial charge is 0.386 e. The molecule has 3 heterocycles. The Morgan fingerprint density at radius 1 is 1.00 bits per heavy atom. The Balaban J connectivity index is 1.48. The van der Waals surface area contributed by atoms with Crippen LogP contribution in [0.25, 0.3) is 0 Å². The first-order valence-electron chi connectivity index (χ1n) is 17.8. The summed E-state index contributed by atoms with van der Waals surface area (Å²) in [7, 11) is 0. The normalized spacial score (nSPS) is 21.9. The summed E-state index contributed by atoms with van der Waals surface area (Å²) in [6, 6.07) is 3.81. The summed E-state index contributed by atoms with van der Waals surface area (Å²) in [5, 5.41) is 35.2. The fourth-order valence-electron chi connectivity index (χ4n) is 7.57. The minimum atomic E-state index is -1.59. The molecule has 6 N–H and O–H groups in total. The number of ketones is 1. The van der Waals surface area contributed by atoms with Gasteiger partial charge in [-0.25, -0.2) is 4.68 Å². The van der Waals surface area contributed by atoms with Gasteiger partial charge in [-0.2, -0.15) is 0 Å². The standard InChI is InChI=1S/C36H51N7O8/c1-34(2,49)24-12-10-23(11-13-24)31(46)39-26(18-22-8-6-5-7-9-22)33(48)42-21-25(43-28(20-38-41-43)35(3,4)50)19-27(42)32(47)40-36(29(44)30(37)45)14-16-51-17-15-36/h10-13,20,22,25-27,49-50H,5-9,14-19,21H2,1-4H3,(H2,37,45)(H,39,46)(H,40,47)/t25-,26?,27-/m0/s1. The average Bonchev–Trinajstić information content (AvgIpc) is 3.76. The van der Waals surface area contributed by atoms with E-state index in [1.165, 1.54) is 15.8 Å². The Morgan fingerprint density at radius 3 is 2.24 bits per heavy atom. The van der Waals surface area contributed by atoms with Gasteiger partial charge in [0.2, 0.25) is 17.6 Å². The molecule has 15 heteroatoms. The highest BCUT2D eigenvalue weighted by Crippen LogP contribution is 2.34. The number of primary amides is 1. The average molecular weight is 710 g/mol. The van der Waals surface area contributed by atoms with E-state index in [0.29, 0.717) is 23.2 Å². The van der Waals surface area contributed by atoms with E-state index in [9.17, 15) is 34.2 Å². The molecular formula is C36H51N7O8. The molecule has 0 bridgehead atoms. The zero-order valence-electron chi connectivity index (χ0n) is 29.9. The van der Waals surface area contributed by atoms with Crippen LogP contribution < -0.4 is 16.4 Å². The second-order valence-electron chi connectivity index (χ2n) is 15.3. The van der Waals surface area contributed by atoms with Crippen molar-refractivity contribution in [2.45, 2.75) is 120 Å². The van der Waals surface area contributed by atoms with Gasteiger partial charge < -0.3 is 36.2 Å². The molecule has 4 amide bonds. The number of rotatable bonds is 12. The van der Waals surface area contributed by atoms with Crippen molar-refractivity contribution in [2.24, 2.45) is 11.7 Å². The van der Waals surface area contributed by atoms with Crippen molar-refractivity contribution in [1.82, 2.24) is 30.5 Å². The van der Waals surface area contributed by atoms with Crippen molar-refractivity contribution in [2.75, 3.05) is 19.8 Å². The zero-order chi connectivity index (χ0) is 37.1. The molecule has 1 aromatic heterocycles. The van der Waals surface area contributed by atoms with Crippen LogP contribution in [0.5, 0.6) is 0 Å². The van der Waals surface area contributed by atoms with Gasteiger partial charge in [-0.3, -0.25) is 24.0 Å². The minimum Gasteiger partial charge on any atom is -0.386 e. The number of Topliss-reactive ketones (excluding diaryl/α,β-unsaturated/α-hetero) is 1. The Kier molecular flexibility index (Phi) is 11.3. The predicted molar refractivity (Wildman–Crippen MR) is 184 cm³/mol. The highest BCUT2D eigenvalue weighted by molar-refractivity contribution is 6.39. The molecule has 2 aromatic rings. The third-order valence-electron chi connectivity index (χ3n) is 10.5. The molecule has 15 nitrogen and oxygen atoms in total. The molecule has 5 rings (SSSR count). The molecule has 51 heavy (non-hydrogen) atoms. The van der Waals surface area contributed by atoms with E-state index >= 15 is 0 Å². The van der Waals surface area contributed by atoms with Crippen LogP contribution in [0.2, 0.25) is 0 Å². The topological polar surface area (TPSA) is 219 Å². The van der Waals surface area contributed by atoms with Gasteiger partial charge in [-0.1, -0.05) is 49.5 Å². The van der Waals surface area contributed by atoms with Gasteiger partial charge in [-0.05, 0) is 57.7 Å². The maximum Gasteiger partial charge on any atom is 0.287 e.